The van der Waals surface area contributed by atoms with Gasteiger partial charge in [0.2, 0.25) is 0 Å². The molecular formula is C15H15FN4O2. The number of nitrogens with two attached hydrogens (primary N) is 1. The second kappa shape index (κ2) is 6.07. The van der Waals surface area contributed by atoms with Crippen LogP contribution in [0.2, 0.25) is 0 Å². The van der Waals surface area contributed by atoms with Gasteiger partial charge in [0.25, 0.3) is 5.91 Å². The molecule has 1 amide bonds. The lowest BCUT2D eigenvalue weighted by molar-refractivity contribution is -0.0230. The quantitative estimate of drug-likeness (QED) is 0.907. The average Bonchev–Trinajstić information content (AvgIpc) is 2.55. The average molecular weight is 302 g/mol. The lowest BCUT2D eigenvalue weighted by atomic mass is 10.1. The van der Waals surface area contributed by atoms with Crippen molar-refractivity contribution >= 4 is 11.7 Å². The Kier molecular flexibility index (Phi) is 3.97. The number of aromatic nitrogens is 2. The van der Waals surface area contributed by atoms with Crippen molar-refractivity contribution in [2.45, 2.75) is 6.10 Å². The van der Waals surface area contributed by atoms with E-state index < -0.39 is 0 Å². The SMILES string of the molecule is Nc1nccnc1C(=O)N1CCOC(c2ccc(F)cc2)C1. The summed E-state index contributed by atoms with van der Waals surface area (Å²) in [6, 6.07) is 6.07. The van der Waals surface area contributed by atoms with E-state index in [9.17, 15) is 9.18 Å². The summed E-state index contributed by atoms with van der Waals surface area (Å²) in [7, 11) is 0. The van der Waals surface area contributed by atoms with Crippen LogP contribution in [0.4, 0.5) is 10.2 Å². The van der Waals surface area contributed by atoms with Crippen molar-refractivity contribution < 1.29 is 13.9 Å². The molecule has 1 aromatic heterocycles. The van der Waals surface area contributed by atoms with E-state index in [1.807, 2.05) is 0 Å². The molecule has 1 fully saturated rings. The van der Waals surface area contributed by atoms with Gasteiger partial charge in [-0.15, -0.1) is 0 Å². The van der Waals surface area contributed by atoms with E-state index in [1.54, 1.807) is 17.0 Å². The van der Waals surface area contributed by atoms with E-state index in [0.717, 1.165) is 5.56 Å². The van der Waals surface area contributed by atoms with Gasteiger partial charge in [0.05, 0.1) is 13.2 Å². The summed E-state index contributed by atoms with van der Waals surface area (Å²) < 4.78 is 18.7. The number of halogens is 1. The number of anilines is 1. The van der Waals surface area contributed by atoms with Crippen molar-refractivity contribution in [3.8, 4) is 0 Å². The van der Waals surface area contributed by atoms with Crippen LogP contribution in [-0.2, 0) is 4.74 Å². The Hall–Kier alpha value is -2.54. The highest BCUT2D eigenvalue weighted by molar-refractivity contribution is 5.96. The molecule has 2 N–H and O–H groups in total. The lowest BCUT2D eigenvalue weighted by Crippen LogP contribution is -2.42. The number of morpholine rings is 1. The largest absolute Gasteiger partial charge is 0.382 e. The molecule has 0 bridgehead atoms. The van der Waals surface area contributed by atoms with Crippen molar-refractivity contribution in [3.05, 3.63) is 53.7 Å². The summed E-state index contributed by atoms with van der Waals surface area (Å²) in [5.41, 5.74) is 6.66. The normalized spacial score (nSPS) is 18.2. The predicted octanol–water partition coefficient (Wildman–Crippen LogP) is 1.41. The Labute approximate surface area is 126 Å². The number of carbonyl (C=O) groups excluding carboxylic acids is 1. The summed E-state index contributed by atoms with van der Waals surface area (Å²) in [5.74, 6) is -0.474. The minimum Gasteiger partial charge on any atom is -0.382 e. The van der Waals surface area contributed by atoms with Gasteiger partial charge >= 0.3 is 0 Å². The van der Waals surface area contributed by atoms with Gasteiger partial charge in [-0.1, -0.05) is 12.1 Å². The first-order chi connectivity index (χ1) is 10.6. The van der Waals surface area contributed by atoms with Crippen molar-refractivity contribution in [3.63, 3.8) is 0 Å². The molecule has 0 radical (unpaired) electrons. The van der Waals surface area contributed by atoms with Crippen LogP contribution < -0.4 is 5.73 Å². The molecule has 6 nitrogen and oxygen atoms in total. The molecule has 1 unspecified atom stereocenters. The maximum absolute atomic E-state index is 13.0. The molecular weight excluding hydrogens is 287 g/mol. The third kappa shape index (κ3) is 2.89. The van der Waals surface area contributed by atoms with Crippen LogP contribution in [0, 0.1) is 5.82 Å². The molecule has 22 heavy (non-hydrogen) atoms. The Balaban J connectivity index is 1.77. The predicted molar refractivity (Wildman–Crippen MR) is 77.4 cm³/mol. The standard InChI is InChI=1S/C15H15FN4O2/c16-11-3-1-10(2-4-11)12-9-20(7-8-22-12)15(21)13-14(17)19-6-5-18-13/h1-6,12H,7-9H2,(H2,17,19). The van der Waals surface area contributed by atoms with Gasteiger partial charge in [0, 0.05) is 18.9 Å². The van der Waals surface area contributed by atoms with E-state index >= 15 is 0 Å². The Morgan fingerprint density at radius 1 is 1.27 bits per heavy atom. The van der Waals surface area contributed by atoms with Crippen LogP contribution >= 0.6 is 0 Å². The van der Waals surface area contributed by atoms with Crippen molar-refractivity contribution in [1.29, 1.82) is 0 Å². The molecule has 1 aliphatic rings. The Bertz CT molecular complexity index is 677. The minimum absolute atomic E-state index is 0.109. The van der Waals surface area contributed by atoms with Crippen LogP contribution in [-0.4, -0.2) is 40.5 Å². The third-order valence-electron chi connectivity index (χ3n) is 3.52. The smallest absolute Gasteiger partial charge is 0.276 e. The minimum atomic E-state index is -0.306. The van der Waals surface area contributed by atoms with E-state index in [-0.39, 0.29) is 29.3 Å². The first-order valence-electron chi connectivity index (χ1n) is 6.88. The Morgan fingerprint density at radius 3 is 2.73 bits per heavy atom. The second-order valence-electron chi connectivity index (χ2n) is 4.95. The fourth-order valence-electron chi connectivity index (χ4n) is 2.38. The van der Waals surface area contributed by atoms with Gasteiger partial charge in [-0.2, -0.15) is 0 Å². The fraction of sp³-hybridized carbons (Fsp3) is 0.267. The number of carbonyl (C=O) groups is 1. The van der Waals surface area contributed by atoms with Crippen molar-refractivity contribution in [1.82, 2.24) is 14.9 Å². The lowest BCUT2D eigenvalue weighted by Gasteiger charge is -2.33. The summed E-state index contributed by atoms with van der Waals surface area (Å²) >= 11 is 0. The highest BCUT2D eigenvalue weighted by Crippen LogP contribution is 2.23. The maximum Gasteiger partial charge on any atom is 0.276 e. The molecule has 7 heteroatoms. The molecule has 3 rings (SSSR count). The molecule has 114 valence electrons. The van der Waals surface area contributed by atoms with Crippen molar-refractivity contribution in [2.75, 3.05) is 25.4 Å². The summed E-state index contributed by atoms with van der Waals surface area (Å²) in [6.45, 7) is 1.21. The monoisotopic (exact) mass is 302 g/mol. The highest BCUT2D eigenvalue weighted by atomic mass is 19.1. The number of hydrogen-bond donors (Lipinski definition) is 1. The first-order valence-corrected chi connectivity index (χ1v) is 6.88. The third-order valence-corrected chi connectivity index (χ3v) is 3.52. The van der Waals surface area contributed by atoms with Crippen LogP contribution in [0.5, 0.6) is 0 Å². The van der Waals surface area contributed by atoms with Crippen LogP contribution in [0.3, 0.4) is 0 Å². The van der Waals surface area contributed by atoms with E-state index in [1.165, 1.54) is 24.5 Å². The van der Waals surface area contributed by atoms with Crippen molar-refractivity contribution in [2.24, 2.45) is 0 Å². The second-order valence-corrected chi connectivity index (χ2v) is 4.95. The molecule has 1 aliphatic heterocycles. The molecule has 2 heterocycles. The molecule has 2 aromatic rings. The van der Waals surface area contributed by atoms with Crippen LogP contribution in [0.15, 0.2) is 36.7 Å². The van der Waals surface area contributed by atoms with Gasteiger partial charge in [-0.25, -0.2) is 14.4 Å². The molecule has 0 spiro atoms. The van der Waals surface area contributed by atoms with Gasteiger partial charge in [0.15, 0.2) is 11.5 Å². The topological polar surface area (TPSA) is 81.3 Å². The number of nitrogen functional groups attached to an aromatic ring is 1. The van der Waals surface area contributed by atoms with Crippen LogP contribution in [0.25, 0.3) is 0 Å². The molecule has 0 aliphatic carbocycles. The summed E-state index contributed by atoms with van der Waals surface area (Å²) in [5, 5.41) is 0. The number of nitrogens with zero attached hydrogens (tertiary/aromatic N) is 3. The number of hydrogen-bond acceptors (Lipinski definition) is 5. The zero-order valence-corrected chi connectivity index (χ0v) is 11.8. The zero-order chi connectivity index (χ0) is 15.5. The Morgan fingerprint density at radius 2 is 2.00 bits per heavy atom. The fourth-order valence-corrected chi connectivity index (χ4v) is 2.38. The number of rotatable bonds is 2. The van der Waals surface area contributed by atoms with Gasteiger partial charge in [-0.3, -0.25) is 4.79 Å². The summed E-state index contributed by atoms with van der Waals surface area (Å²) in [4.78, 5) is 22.0. The van der Waals surface area contributed by atoms with Gasteiger partial charge in [0.1, 0.15) is 11.9 Å². The number of ether oxygens (including phenoxy) is 1. The van der Waals surface area contributed by atoms with Crippen LogP contribution in [0.1, 0.15) is 22.2 Å². The molecule has 1 aromatic carbocycles. The first kappa shape index (κ1) is 14.4. The maximum atomic E-state index is 13.0. The molecule has 1 saturated heterocycles. The molecule has 0 saturated carbocycles. The van der Waals surface area contributed by atoms with E-state index in [2.05, 4.69) is 9.97 Å². The highest BCUT2D eigenvalue weighted by Gasteiger charge is 2.28. The van der Waals surface area contributed by atoms with E-state index in [4.69, 9.17) is 10.5 Å². The number of benzene rings is 1. The number of amides is 1. The molecule has 1 atom stereocenters. The van der Waals surface area contributed by atoms with Gasteiger partial charge < -0.3 is 15.4 Å². The van der Waals surface area contributed by atoms with Gasteiger partial charge in [-0.05, 0) is 17.7 Å². The zero-order valence-electron chi connectivity index (χ0n) is 11.8. The summed E-state index contributed by atoms with van der Waals surface area (Å²) in [6.07, 6.45) is 2.57. The van der Waals surface area contributed by atoms with E-state index in [0.29, 0.717) is 19.7 Å².